The molecule has 2 aromatic heterocycles. The third-order valence-electron chi connectivity index (χ3n) is 3.82. The lowest BCUT2D eigenvalue weighted by molar-refractivity contribution is 0.0661. The minimum Gasteiger partial charge on any atom is -0.475 e. The van der Waals surface area contributed by atoms with E-state index in [1.807, 2.05) is 11.3 Å². The van der Waals surface area contributed by atoms with Gasteiger partial charge in [-0.2, -0.15) is 0 Å². The molecule has 4 nitrogen and oxygen atoms in total. The molecule has 2 aromatic rings. The third-order valence-corrected chi connectivity index (χ3v) is 4.82. The molecule has 1 atom stereocenters. The van der Waals surface area contributed by atoms with Crippen molar-refractivity contribution in [2.45, 2.75) is 38.8 Å². The Hall–Kier alpha value is -1.59. The second-order valence-corrected chi connectivity index (χ2v) is 6.12. The zero-order valence-corrected chi connectivity index (χ0v) is 12.1. The second kappa shape index (κ2) is 5.42. The summed E-state index contributed by atoms with van der Waals surface area (Å²) in [5.41, 5.74) is 2.32. The number of aromatic carboxylic acids is 1. The van der Waals surface area contributed by atoms with Gasteiger partial charge in [0.05, 0.1) is 0 Å². The van der Waals surface area contributed by atoms with Gasteiger partial charge >= 0.3 is 5.97 Å². The van der Waals surface area contributed by atoms with Crippen LogP contribution in [0.3, 0.4) is 0 Å². The van der Waals surface area contributed by atoms with Gasteiger partial charge in [-0.15, -0.1) is 11.3 Å². The predicted molar refractivity (Wildman–Crippen MR) is 77.2 cm³/mol. The van der Waals surface area contributed by atoms with Gasteiger partial charge in [-0.3, -0.25) is 0 Å². The first-order valence-electron chi connectivity index (χ1n) is 6.77. The molecule has 0 amide bonds. The highest BCUT2D eigenvalue weighted by atomic mass is 32.1. The molecule has 0 aromatic carbocycles. The van der Waals surface area contributed by atoms with Gasteiger partial charge in [-0.05, 0) is 49.3 Å². The molecule has 0 saturated carbocycles. The highest BCUT2D eigenvalue weighted by Crippen LogP contribution is 2.33. The summed E-state index contributed by atoms with van der Waals surface area (Å²) >= 11 is 1.83. The van der Waals surface area contributed by atoms with Crippen molar-refractivity contribution < 1.29 is 14.3 Å². The van der Waals surface area contributed by atoms with E-state index in [9.17, 15) is 4.79 Å². The topological polar surface area (TPSA) is 62.5 Å². The maximum absolute atomic E-state index is 10.9. The van der Waals surface area contributed by atoms with Crippen molar-refractivity contribution in [3.63, 3.8) is 0 Å². The monoisotopic (exact) mass is 291 g/mol. The minimum absolute atomic E-state index is 0.0131. The summed E-state index contributed by atoms with van der Waals surface area (Å²) in [6.45, 7) is 2.45. The van der Waals surface area contributed by atoms with Crippen LogP contribution in [-0.2, 0) is 13.0 Å². The van der Waals surface area contributed by atoms with Crippen LogP contribution in [0.4, 0.5) is 0 Å². The standard InChI is InChI=1S/C15H17NO3S/c1-9-10(7-13(19-9)15(17)18)8-16-12-3-2-4-14-11(12)5-6-20-14/h5-7,12,16H,2-4,8H2,1H3,(H,17,18). The fourth-order valence-electron chi connectivity index (χ4n) is 2.73. The van der Waals surface area contributed by atoms with Gasteiger partial charge in [0, 0.05) is 23.0 Å². The van der Waals surface area contributed by atoms with Gasteiger partial charge < -0.3 is 14.8 Å². The molecule has 5 heteroatoms. The highest BCUT2D eigenvalue weighted by molar-refractivity contribution is 7.10. The molecule has 0 spiro atoms. The maximum atomic E-state index is 10.9. The fraction of sp³-hybridized carbons (Fsp3) is 0.400. The van der Waals surface area contributed by atoms with E-state index in [1.54, 1.807) is 13.0 Å². The number of carboxylic acids is 1. The number of thiophene rings is 1. The van der Waals surface area contributed by atoms with Gasteiger partial charge in [-0.25, -0.2) is 4.79 Å². The van der Waals surface area contributed by atoms with Crippen molar-refractivity contribution in [1.82, 2.24) is 5.32 Å². The zero-order chi connectivity index (χ0) is 14.1. The molecule has 1 aliphatic rings. The van der Waals surface area contributed by atoms with Crippen molar-refractivity contribution in [2.24, 2.45) is 0 Å². The highest BCUT2D eigenvalue weighted by Gasteiger charge is 2.21. The molecule has 0 aliphatic heterocycles. The Kier molecular flexibility index (Phi) is 3.63. The first-order valence-corrected chi connectivity index (χ1v) is 7.65. The van der Waals surface area contributed by atoms with Gasteiger partial charge in [0.15, 0.2) is 0 Å². The molecule has 2 heterocycles. The Balaban J connectivity index is 1.70. The van der Waals surface area contributed by atoms with Crippen molar-refractivity contribution in [3.8, 4) is 0 Å². The lowest BCUT2D eigenvalue weighted by atomic mass is 9.94. The summed E-state index contributed by atoms with van der Waals surface area (Å²) in [6.07, 6.45) is 3.52. The summed E-state index contributed by atoms with van der Waals surface area (Å²) in [7, 11) is 0. The van der Waals surface area contributed by atoms with Crippen molar-refractivity contribution in [3.05, 3.63) is 45.0 Å². The van der Waals surface area contributed by atoms with Crippen LogP contribution in [-0.4, -0.2) is 11.1 Å². The molecule has 106 valence electrons. The average molecular weight is 291 g/mol. The van der Waals surface area contributed by atoms with E-state index in [2.05, 4.69) is 16.8 Å². The number of hydrogen-bond donors (Lipinski definition) is 2. The van der Waals surface area contributed by atoms with E-state index in [4.69, 9.17) is 9.52 Å². The van der Waals surface area contributed by atoms with E-state index in [-0.39, 0.29) is 5.76 Å². The number of nitrogens with one attached hydrogen (secondary N) is 1. The number of hydrogen-bond acceptors (Lipinski definition) is 4. The summed E-state index contributed by atoms with van der Waals surface area (Å²) in [6, 6.07) is 4.18. The van der Waals surface area contributed by atoms with Crippen molar-refractivity contribution >= 4 is 17.3 Å². The van der Waals surface area contributed by atoms with E-state index in [0.29, 0.717) is 18.3 Å². The number of fused-ring (bicyclic) bond motifs is 1. The first-order chi connectivity index (χ1) is 9.65. The predicted octanol–water partition coefficient (Wildman–Crippen LogP) is 3.51. The maximum Gasteiger partial charge on any atom is 0.371 e. The van der Waals surface area contributed by atoms with Crippen LogP contribution in [0.15, 0.2) is 21.9 Å². The van der Waals surface area contributed by atoms with Crippen LogP contribution >= 0.6 is 11.3 Å². The Labute approximate surface area is 121 Å². The van der Waals surface area contributed by atoms with E-state index >= 15 is 0 Å². The number of aryl methyl sites for hydroxylation is 2. The van der Waals surface area contributed by atoms with Gasteiger partial charge in [-0.1, -0.05) is 0 Å². The summed E-state index contributed by atoms with van der Waals surface area (Å²) in [5, 5.41) is 14.6. The van der Waals surface area contributed by atoms with Crippen LogP contribution in [0.2, 0.25) is 0 Å². The van der Waals surface area contributed by atoms with Crippen molar-refractivity contribution in [2.75, 3.05) is 0 Å². The van der Waals surface area contributed by atoms with Gasteiger partial charge in [0.25, 0.3) is 0 Å². The Morgan fingerprint density at radius 2 is 2.45 bits per heavy atom. The van der Waals surface area contributed by atoms with Crippen LogP contribution in [0.5, 0.6) is 0 Å². The lowest BCUT2D eigenvalue weighted by Crippen LogP contribution is -2.23. The fourth-order valence-corrected chi connectivity index (χ4v) is 3.72. The summed E-state index contributed by atoms with van der Waals surface area (Å²) in [4.78, 5) is 12.4. The summed E-state index contributed by atoms with van der Waals surface area (Å²) in [5.74, 6) is -0.326. The minimum atomic E-state index is -1.02. The number of carbonyl (C=O) groups is 1. The molecule has 1 aliphatic carbocycles. The largest absolute Gasteiger partial charge is 0.475 e. The second-order valence-electron chi connectivity index (χ2n) is 5.12. The Bertz CT molecular complexity index is 629. The summed E-state index contributed by atoms with van der Waals surface area (Å²) < 4.78 is 5.23. The first kappa shape index (κ1) is 13.4. The Morgan fingerprint density at radius 3 is 3.20 bits per heavy atom. The van der Waals surface area contributed by atoms with Crippen LogP contribution in [0, 0.1) is 6.92 Å². The van der Waals surface area contributed by atoms with E-state index in [1.165, 1.54) is 23.3 Å². The molecule has 0 fully saturated rings. The number of carboxylic acid groups (broad SMARTS) is 1. The molecule has 1 unspecified atom stereocenters. The molecular formula is C15H17NO3S. The average Bonchev–Trinajstić information content (AvgIpc) is 3.03. The quantitative estimate of drug-likeness (QED) is 0.904. The number of furan rings is 1. The zero-order valence-electron chi connectivity index (χ0n) is 11.3. The molecule has 2 N–H and O–H groups in total. The number of rotatable bonds is 4. The Morgan fingerprint density at radius 1 is 1.60 bits per heavy atom. The molecular weight excluding hydrogens is 274 g/mol. The van der Waals surface area contributed by atoms with Crippen LogP contribution in [0.25, 0.3) is 0 Å². The molecule has 0 radical (unpaired) electrons. The van der Waals surface area contributed by atoms with E-state index in [0.717, 1.165) is 12.0 Å². The van der Waals surface area contributed by atoms with Gasteiger partial charge in [0.2, 0.25) is 5.76 Å². The molecule has 20 heavy (non-hydrogen) atoms. The smallest absolute Gasteiger partial charge is 0.371 e. The third kappa shape index (κ3) is 2.51. The molecule has 0 saturated heterocycles. The molecule has 3 rings (SSSR count). The lowest BCUT2D eigenvalue weighted by Gasteiger charge is -2.23. The molecule has 0 bridgehead atoms. The van der Waals surface area contributed by atoms with Crippen LogP contribution < -0.4 is 5.32 Å². The normalized spacial score (nSPS) is 17.9. The van der Waals surface area contributed by atoms with E-state index < -0.39 is 5.97 Å². The van der Waals surface area contributed by atoms with Gasteiger partial charge in [0.1, 0.15) is 5.76 Å². The van der Waals surface area contributed by atoms with Crippen LogP contribution in [0.1, 0.15) is 51.2 Å². The van der Waals surface area contributed by atoms with Crippen molar-refractivity contribution in [1.29, 1.82) is 0 Å². The SMILES string of the molecule is Cc1oc(C(=O)O)cc1CNC1CCCc2sccc21.